The molecule has 1 aliphatic carbocycles. The Morgan fingerprint density at radius 2 is 2.18 bits per heavy atom. The predicted molar refractivity (Wildman–Crippen MR) is 64.8 cm³/mol. The van der Waals surface area contributed by atoms with Gasteiger partial charge in [-0.15, -0.1) is 0 Å². The van der Waals surface area contributed by atoms with Gasteiger partial charge in [0.1, 0.15) is 0 Å². The van der Waals surface area contributed by atoms with Crippen molar-refractivity contribution in [2.75, 3.05) is 6.54 Å². The molecule has 0 bridgehead atoms. The predicted octanol–water partition coefficient (Wildman–Crippen LogP) is 1.59. The minimum atomic E-state index is -0.787. The van der Waals surface area contributed by atoms with E-state index in [1.165, 1.54) is 0 Å². The van der Waals surface area contributed by atoms with Gasteiger partial charge >= 0.3 is 12.0 Å². The molecule has 0 heterocycles. The van der Waals surface area contributed by atoms with Crippen LogP contribution in [0.3, 0.4) is 0 Å². The minimum Gasteiger partial charge on any atom is -0.481 e. The average Bonchev–Trinajstić information content (AvgIpc) is 3.02. The van der Waals surface area contributed by atoms with Gasteiger partial charge in [-0.25, -0.2) is 4.79 Å². The van der Waals surface area contributed by atoms with Crippen LogP contribution in [0.2, 0.25) is 0 Å². The maximum absolute atomic E-state index is 11.5. The molecule has 17 heavy (non-hydrogen) atoms. The zero-order chi connectivity index (χ0) is 12.8. The largest absolute Gasteiger partial charge is 0.481 e. The van der Waals surface area contributed by atoms with Crippen molar-refractivity contribution >= 4 is 12.0 Å². The highest BCUT2D eigenvalue weighted by atomic mass is 16.4. The minimum absolute atomic E-state index is 0.131. The summed E-state index contributed by atoms with van der Waals surface area (Å²) in [4.78, 5) is 21.8. The molecule has 98 valence electrons. The Labute approximate surface area is 102 Å². The van der Waals surface area contributed by atoms with Gasteiger partial charge in [0, 0.05) is 19.0 Å². The third-order valence-electron chi connectivity index (χ3n) is 3.23. The molecule has 5 nitrogen and oxygen atoms in total. The highest BCUT2D eigenvalue weighted by Crippen LogP contribution is 2.32. The summed E-state index contributed by atoms with van der Waals surface area (Å²) in [5.74, 6) is 0.0493. The fourth-order valence-corrected chi connectivity index (χ4v) is 1.83. The van der Waals surface area contributed by atoms with Gasteiger partial charge in [0.2, 0.25) is 0 Å². The molecule has 3 unspecified atom stereocenters. The number of carbonyl (C=O) groups is 2. The van der Waals surface area contributed by atoms with Crippen LogP contribution in [-0.2, 0) is 4.79 Å². The van der Waals surface area contributed by atoms with Gasteiger partial charge < -0.3 is 15.7 Å². The van der Waals surface area contributed by atoms with Crippen LogP contribution in [0.1, 0.15) is 39.5 Å². The SMILES string of the molecule is CCC1CC1NC(=O)NCC(C)CCC(=O)O. The Balaban J connectivity index is 2.05. The molecule has 1 saturated carbocycles. The van der Waals surface area contributed by atoms with Crippen molar-refractivity contribution in [3.05, 3.63) is 0 Å². The average molecular weight is 242 g/mol. The van der Waals surface area contributed by atoms with Crippen LogP contribution in [0, 0.1) is 11.8 Å². The normalized spacial score (nSPS) is 23.9. The second-order valence-electron chi connectivity index (χ2n) is 4.90. The molecule has 3 N–H and O–H groups in total. The number of nitrogens with one attached hydrogen (secondary N) is 2. The zero-order valence-corrected chi connectivity index (χ0v) is 10.5. The Kier molecular flexibility index (Phi) is 5.25. The molecule has 1 aliphatic rings. The van der Waals surface area contributed by atoms with Gasteiger partial charge in [0.25, 0.3) is 0 Å². The number of rotatable bonds is 7. The van der Waals surface area contributed by atoms with Crippen molar-refractivity contribution in [1.29, 1.82) is 0 Å². The lowest BCUT2D eigenvalue weighted by molar-refractivity contribution is -0.137. The molecule has 1 fully saturated rings. The molecule has 3 atom stereocenters. The van der Waals surface area contributed by atoms with Crippen LogP contribution in [0.5, 0.6) is 0 Å². The molecular formula is C12H22N2O3. The first-order chi connectivity index (χ1) is 8.02. The Morgan fingerprint density at radius 3 is 2.71 bits per heavy atom. The molecule has 5 heteroatoms. The van der Waals surface area contributed by atoms with Crippen LogP contribution in [0.15, 0.2) is 0 Å². The fourth-order valence-electron chi connectivity index (χ4n) is 1.83. The summed E-state index contributed by atoms with van der Waals surface area (Å²) in [6, 6.07) is 0.211. The molecule has 0 spiro atoms. The number of carboxylic acids is 1. The lowest BCUT2D eigenvalue weighted by Gasteiger charge is -2.12. The van der Waals surface area contributed by atoms with Gasteiger partial charge in [0.15, 0.2) is 0 Å². The van der Waals surface area contributed by atoms with Crippen molar-refractivity contribution in [3.63, 3.8) is 0 Å². The summed E-state index contributed by atoms with van der Waals surface area (Å²) in [5.41, 5.74) is 0. The second kappa shape index (κ2) is 6.47. The summed E-state index contributed by atoms with van der Waals surface area (Å²) in [6.45, 7) is 4.59. The number of urea groups is 1. The summed E-state index contributed by atoms with van der Waals surface area (Å²) < 4.78 is 0. The first kappa shape index (κ1) is 13.8. The van der Waals surface area contributed by atoms with Crippen molar-refractivity contribution in [1.82, 2.24) is 10.6 Å². The monoisotopic (exact) mass is 242 g/mol. The third kappa shape index (κ3) is 5.56. The van der Waals surface area contributed by atoms with E-state index in [0.717, 1.165) is 12.8 Å². The van der Waals surface area contributed by atoms with Crippen molar-refractivity contribution in [3.8, 4) is 0 Å². The van der Waals surface area contributed by atoms with Crippen LogP contribution in [0.4, 0.5) is 4.79 Å². The van der Waals surface area contributed by atoms with Gasteiger partial charge in [-0.05, 0) is 24.7 Å². The molecule has 0 aromatic rings. The number of hydrogen-bond donors (Lipinski definition) is 3. The van der Waals surface area contributed by atoms with E-state index in [-0.39, 0.29) is 18.4 Å². The Morgan fingerprint density at radius 1 is 1.47 bits per heavy atom. The standard InChI is InChI=1S/C12H22N2O3/c1-3-9-6-10(9)14-12(17)13-7-8(2)4-5-11(15)16/h8-10H,3-7H2,1-2H3,(H,15,16)(H2,13,14,17). The van der Waals surface area contributed by atoms with Gasteiger partial charge in [-0.2, -0.15) is 0 Å². The van der Waals surface area contributed by atoms with Crippen molar-refractivity contribution in [2.45, 2.75) is 45.6 Å². The van der Waals surface area contributed by atoms with Gasteiger partial charge in [0.05, 0.1) is 0 Å². The van der Waals surface area contributed by atoms with Gasteiger partial charge in [-0.1, -0.05) is 20.3 Å². The van der Waals surface area contributed by atoms with E-state index in [4.69, 9.17) is 5.11 Å². The number of aliphatic carboxylic acids is 1. The van der Waals surface area contributed by atoms with E-state index in [1.54, 1.807) is 0 Å². The number of amides is 2. The summed E-state index contributed by atoms with van der Waals surface area (Å²) in [5, 5.41) is 14.2. The second-order valence-corrected chi connectivity index (χ2v) is 4.90. The highest BCUT2D eigenvalue weighted by molar-refractivity contribution is 5.74. The third-order valence-corrected chi connectivity index (χ3v) is 3.23. The van der Waals surface area contributed by atoms with E-state index in [2.05, 4.69) is 17.6 Å². The number of carbonyl (C=O) groups excluding carboxylic acids is 1. The topological polar surface area (TPSA) is 78.4 Å². The molecule has 1 rings (SSSR count). The first-order valence-electron chi connectivity index (χ1n) is 6.29. The smallest absolute Gasteiger partial charge is 0.315 e. The van der Waals surface area contributed by atoms with E-state index in [1.807, 2.05) is 6.92 Å². The van der Waals surface area contributed by atoms with Crippen LogP contribution < -0.4 is 10.6 Å². The summed E-state index contributed by atoms with van der Waals surface area (Å²) in [6.07, 6.45) is 2.94. The maximum atomic E-state index is 11.5. The lowest BCUT2D eigenvalue weighted by Crippen LogP contribution is -2.39. The molecule has 0 aromatic heterocycles. The zero-order valence-electron chi connectivity index (χ0n) is 10.5. The number of hydrogen-bond acceptors (Lipinski definition) is 2. The van der Waals surface area contributed by atoms with Crippen molar-refractivity contribution in [2.24, 2.45) is 11.8 Å². The quantitative estimate of drug-likeness (QED) is 0.634. The van der Waals surface area contributed by atoms with E-state index in [0.29, 0.717) is 24.9 Å². The molecule has 0 aromatic carbocycles. The summed E-state index contributed by atoms with van der Waals surface area (Å²) in [7, 11) is 0. The molecule has 0 saturated heterocycles. The Bertz CT molecular complexity index is 281. The Hall–Kier alpha value is -1.26. The van der Waals surface area contributed by atoms with Crippen LogP contribution >= 0.6 is 0 Å². The molecule has 0 radical (unpaired) electrons. The molecular weight excluding hydrogens is 220 g/mol. The van der Waals surface area contributed by atoms with E-state index < -0.39 is 5.97 Å². The van der Waals surface area contributed by atoms with Crippen molar-refractivity contribution < 1.29 is 14.7 Å². The lowest BCUT2D eigenvalue weighted by atomic mass is 10.1. The summed E-state index contributed by atoms with van der Waals surface area (Å²) >= 11 is 0. The first-order valence-corrected chi connectivity index (χ1v) is 6.29. The molecule has 2 amide bonds. The highest BCUT2D eigenvalue weighted by Gasteiger charge is 2.36. The van der Waals surface area contributed by atoms with Gasteiger partial charge in [-0.3, -0.25) is 4.79 Å². The van der Waals surface area contributed by atoms with E-state index >= 15 is 0 Å². The number of carboxylic acid groups (broad SMARTS) is 1. The fraction of sp³-hybridized carbons (Fsp3) is 0.833. The maximum Gasteiger partial charge on any atom is 0.315 e. The van der Waals surface area contributed by atoms with Crippen LogP contribution in [0.25, 0.3) is 0 Å². The molecule has 0 aliphatic heterocycles. The van der Waals surface area contributed by atoms with E-state index in [9.17, 15) is 9.59 Å². The van der Waals surface area contributed by atoms with Crippen LogP contribution in [-0.4, -0.2) is 29.7 Å².